The summed E-state index contributed by atoms with van der Waals surface area (Å²) in [6.45, 7) is 2.86. The molecule has 2 heterocycles. The summed E-state index contributed by atoms with van der Waals surface area (Å²) >= 11 is 1.27. The molecule has 0 spiro atoms. The molecule has 0 radical (unpaired) electrons. The standard InChI is InChI=1S/C10H14N4O3S/c1-6(14-16)8-5-18-10(12-8)13-9(15)11-7-2-3-17-4-7/h5,7,16H,2-4H2,1H3,(H2,11,12,13,15). The van der Waals surface area contributed by atoms with E-state index in [1.807, 2.05) is 0 Å². The van der Waals surface area contributed by atoms with Crippen molar-refractivity contribution in [2.45, 2.75) is 19.4 Å². The van der Waals surface area contributed by atoms with Crippen LogP contribution < -0.4 is 10.6 Å². The quantitative estimate of drug-likeness (QED) is 0.437. The van der Waals surface area contributed by atoms with Gasteiger partial charge in [-0.1, -0.05) is 5.16 Å². The maximum absolute atomic E-state index is 11.6. The first kappa shape index (κ1) is 12.8. The summed E-state index contributed by atoms with van der Waals surface area (Å²) in [6, 6.07) is -0.241. The molecule has 0 bridgehead atoms. The summed E-state index contributed by atoms with van der Waals surface area (Å²) in [5.74, 6) is 0. The van der Waals surface area contributed by atoms with E-state index in [9.17, 15) is 4.79 Å². The van der Waals surface area contributed by atoms with Gasteiger partial charge in [-0.15, -0.1) is 11.3 Å². The second kappa shape index (κ2) is 5.78. The van der Waals surface area contributed by atoms with Crippen molar-refractivity contribution in [3.05, 3.63) is 11.1 Å². The van der Waals surface area contributed by atoms with Crippen LogP contribution in [0.2, 0.25) is 0 Å². The highest BCUT2D eigenvalue weighted by molar-refractivity contribution is 7.14. The van der Waals surface area contributed by atoms with Crippen LogP contribution in [0.15, 0.2) is 10.5 Å². The molecule has 2 rings (SSSR count). The van der Waals surface area contributed by atoms with Crippen molar-refractivity contribution in [1.29, 1.82) is 0 Å². The van der Waals surface area contributed by atoms with E-state index in [-0.39, 0.29) is 12.1 Å². The van der Waals surface area contributed by atoms with Crippen molar-refractivity contribution in [3.63, 3.8) is 0 Å². The largest absolute Gasteiger partial charge is 0.411 e. The molecule has 1 unspecified atom stereocenters. The van der Waals surface area contributed by atoms with E-state index in [1.165, 1.54) is 11.3 Å². The van der Waals surface area contributed by atoms with E-state index < -0.39 is 0 Å². The minimum atomic E-state index is -0.301. The number of anilines is 1. The Kier molecular flexibility index (Phi) is 4.11. The lowest BCUT2D eigenvalue weighted by Crippen LogP contribution is -2.38. The zero-order valence-corrected chi connectivity index (χ0v) is 10.7. The highest BCUT2D eigenvalue weighted by Crippen LogP contribution is 2.16. The summed E-state index contributed by atoms with van der Waals surface area (Å²) in [5.41, 5.74) is 0.950. The van der Waals surface area contributed by atoms with Crippen molar-refractivity contribution in [2.24, 2.45) is 5.16 Å². The molecule has 7 nitrogen and oxygen atoms in total. The molecule has 8 heteroatoms. The predicted molar refractivity (Wildman–Crippen MR) is 67.5 cm³/mol. The molecule has 1 saturated heterocycles. The van der Waals surface area contributed by atoms with Crippen LogP contribution in [0, 0.1) is 0 Å². The number of thiazole rings is 1. The normalized spacial score (nSPS) is 19.8. The Morgan fingerprint density at radius 3 is 3.22 bits per heavy atom. The molecule has 1 aromatic rings. The van der Waals surface area contributed by atoms with Gasteiger partial charge in [-0.2, -0.15) is 0 Å². The topological polar surface area (TPSA) is 95.8 Å². The molecule has 18 heavy (non-hydrogen) atoms. The Labute approximate surface area is 108 Å². The summed E-state index contributed by atoms with van der Waals surface area (Å²) in [4.78, 5) is 15.7. The van der Waals surface area contributed by atoms with E-state index in [1.54, 1.807) is 12.3 Å². The zero-order valence-electron chi connectivity index (χ0n) is 9.84. The maximum Gasteiger partial charge on any atom is 0.321 e. The van der Waals surface area contributed by atoms with Gasteiger partial charge in [0, 0.05) is 12.0 Å². The Hall–Kier alpha value is -1.67. The highest BCUT2D eigenvalue weighted by atomic mass is 32.1. The maximum atomic E-state index is 11.6. The van der Waals surface area contributed by atoms with Crippen LogP contribution in [-0.2, 0) is 4.74 Å². The van der Waals surface area contributed by atoms with Gasteiger partial charge in [-0.05, 0) is 13.3 Å². The third-order valence-corrected chi connectivity index (χ3v) is 3.27. The molecule has 3 N–H and O–H groups in total. The van der Waals surface area contributed by atoms with Crippen LogP contribution in [0.5, 0.6) is 0 Å². The first-order chi connectivity index (χ1) is 8.69. The lowest BCUT2D eigenvalue weighted by Gasteiger charge is -2.09. The van der Waals surface area contributed by atoms with E-state index in [0.717, 1.165) is 6.42 Å². The number of hydrogen-bond donors (Lipinski definition) is 3. The monoisotopic (exact) mass is 270 g/mol. The van der Waals surface area contributed by atoms with E-state index in [4.69, 9.17) is 9.94 Å². The van der Waals surface area contributed by atoms with Crippen LogP contribution in [-0.4, -0.2) is 41.2 Å². The Bertz CT molecular complexity index is 454. The van der Waals surface area contributed by atoms with E-state index >= 15 is 0 Å². The predicted octanol–water partition coefficient (Wildman–Crippen LogP) is 1.25. The zero-order chi connectivity index (χ0) is 13.0. The molecule has 98 valence electrons. The van der Waals surface area contributed by atoms with Gasteiger partial charge in [0.25, 0.3) is 0 Å². The molecular formula is C10H14N4O3S. The van der Waals surface area contributed by atoms with E-state index in [0.29, 0.717) is 29.8 Å². The average Bonchev–Trinajstić information content (AvgIpc) is 2.99. The molecule has 1 atom stereocenters. The molecule has 1 aromatic heterocycles. The van der Waals surface area contributed by atoms with Crippen LogP contribution in [0.1, 0.15) is 19.0 Å². The number of urea groups is 1. The molecule has 1 aliphatic heterocycles. The van der Waals surface area contributed by atoms with Crippen LogP contribution in [0.3, 0.4) is 0 Å². The Morgan fingerprint density at radius 2 is 2.56 bits per heavy atom. The Morgan fingerprint density at radius 1 is 1.72 bits per heavy atom. The number of rotatable bonds is 3. The minimum Gasteiger partial charge on any atom is -0.411 e. The number of aromatic nitrogens is 1. The molecule has 0 aromatic carbocycles. The lowest BCUT2D eigenvalue weighted by molar-refractivity contribution is 0.189. The van der Waals surface area contributed by atoms with Gasteiger partial charge in [0.15, 0.2) is 5.13 Å². The summed E-state index contributed by atoms with van der Waals surface area (Å²) in [5, 5.41) is 19.3. The molecule has 2 amide bonds. The highest BCUT2D eigenvalue weighted by Gasteiger charge is 2.18. The van der Waals surface area contributed by atoms with Gasteiger partial charge in [-0.25, -0.2) is 9.78 Å². The van der Waals surface area contributed by atoms with Gasteiger partial charge in [0.2, 0.25) is 0 Å². The molecular weight excluding hydrogens is 256 g/mol. The SMILES string of the molecule is CC(=NO)c1csc(NC(=O)NC2CCOC2)n1. The van der Waals surface area contributed by atoms with Gasteiger partial charge >= 0.3 is 6.03 Å². The fourth-order valence-corrected chi connectivity index (χ4v) is 2.26. The van der Waals surface area contributed by atoms with Gasteiger partial charge in [-0.3, -0.25) is 5.32 Å². The van der Waals surface area contributed by atoms with Gasteiger partial charge in [0.1, 0.15) is 11.4 Å². The number of amides is 2. The fourth-order valence-electron chi connectivity index (χ4n) is 1.52. The lowest BCUT2D eigenvalue weighted by atomic mass is 10.3. The number of oxime groups is 1. The van der Waals surface area contributed by atoms with Crippen molar-refractivity contribution in [3.8, 4) is 0 Å². The number of ether oxygens (including phenoxy) is 1. The summed E-state index contributed by atoms with van der Waals surface area (Å²) in [6.07, 6.45) is 0.826. The smallest absolute Gasteiger partial charge is 0.321 e. The minimum absolute atomic E-state index is 0.0603. The number of carbonyl (C=O) groups is 1. The van der Waals surface area contributed by atoms with Crippen molar-refractivity contribution in [2.75, 3.05) is 18.5 Å². The number of carbonyl (C=O) groups excluding carboxylic acids is 1. The van der Waals surface area contributed by atoms with Crippen molar-refractivity contribution < 1.29 is 14.7 Å². The van der Waals surface area contributed by atoms with Gasteiger partial charge in [0.05, 0.1) is 12.6 Å². The second-order valence-corrected chi connectivity index (χ2v) is 4.74. The third-order valence-electron chi connectivity index (χ3n) is 2.51. The third kappa shape index (κ3) is 3.17. The number of nitrogens with one attached hydrogen (secondary N) is 2. The fraction of sp³-hybridized carbons (Fsp3) is 0.500. The average molecular weight is 270 g/mol. The molecule has 0 aliphatic carbocycles. The first-order valence-electron chi connectivity index (χ1n) is 5.49. The molecule has 1 fully saturated rings. The van der Waals surface area contributed by atoms with Crippen LogP contribution in [0.4, 0.5) is 9.93 Å². The molecule has 1 aliphatic rings. The Balaban J connectivity index is 1.88. The number of nitrogens with zero attached hydrogens (tertiary/aromatic N) is 2. The summed E-state index contributed by atoms with van der Waals surface area (Å²) in [7, 11) is 0. The van der Waals surface area contributed by atoms with Gasteiger partial charge < -0.3 is 15.3 Å². The van der Waals surface area contributed by atoms with Crippen molar-refractivity contribution >= 4 is 28.2 Å². The van der Waals surface area contributed by atoms with Crippen LogP contribution >= 0.6 is 11.3 Å². The summed E-state index contributed by atoms with van der Waals surface area (Å²) < 4.78 is 5.16. The first-order valence-corrected chi connectivity index (χ1v) is 6.37. The second-order valence-electron chi connectivity index (χ2n) is 3.88. The number of hydrogen-bond acceptors (Lipinski definition) is 6. The van der Waals surface area contributed by atoms with Crippen LogP contribution in [0.25, 0.3) is 0 Å². The van der Waals surface area contributed by atoms with E-state index in [2.05, 4.69) is 20.8 Å². The van der Waals surface area contributed by atoms with Crippen molar-refractivity contribution in [1.82, 2.24) is 10.3 Å². The molecule has 0 saturated carbocycles.